The molecule has 0 aliphatic rings. The van der Waals surface area contributed by atoms with E-state index in [9.17, 15) is 5.11 Å². The summed E-state index contributed by atoms with van der Waals surface area (Å²) in [5.41, 5.74) is 0.774. The molecular formula is C16H28N2O. The second kappa shape index (κ2) is 8.46. The van der Waals surface area contributed by atoms with Crippen molar-refractivity contribution in [2.75, 3.05) is 0 Å². The number of aliphatic hydroxyl groups excluding tert-OH is 1. The lowest BCUT2D eigenvalue weighted by molar-refractivity contribution is 0.261. The zero-order valence-corrected chi connectivity index (χ0v) is 12.7. The Kier molecular flexibility index (Phi) is 7.73. The molecule has 3 N–H and O–H groups in total. The number of hydrogen-bond acceptors (Lipinski definition) is 3. The van der Waals surface area contributed by atoms with Crippen LogP contribution in [-0.4, -0.2) is 11.1 Å². The molecule has 0 aliphatic heterocycles. The molecule has 0 rings (SSSR count). The van der Waals surface area contributed by atoms with Gasteiger partial charge in [-0.3, -0.25) is 0 Å². The van der Waals surface area contributed by atoms with Gasteiger partial charge in [-0.2, -0.15) is 0 Å². The van der Waals surface area contributed by atoms with Crippen LogP contribution in [0.5, 0.6) is 0 Å². The van der Waals surface area contributed by atoms with Crippen LogP contribution < -0.4 is 10.6 Å². The van der Waals surface area contributed by atoms with Gasteiger partial charge >= 0.3 is 0 Å². The Morgan fingerprint density at radius 2 is 1.79 bits per heavy atom. The fourth-order valence-electron chi connectivity index (χ4n) is 1.98. The van der Waals surface area contributed by atoms with Gasteiger partial charge in [-0.15, -0.1) is 0 Å². The monoisotopic (exact) mass is 264 g/mol. The molecule has 0 spiro atoms. The SMILES string of the molecule is C=C(/C=C\C)NC(=C)N[C@H](C)[C@@H](CC(C)C)C(=C)O. The molecule has 2 atom stereocenters. The summed E-state index contributed by atoms with van der Waals surface area (Å²) in [5, 5.41) is 16.0. The third-order valence-corrected chi connectivity index (χ3v) is 2.84. The van der Waals surface area contributed by atoms with Gasteiger partial charge in [-0.05, 0) is 32.3 Å². The molecule has 0 unspecified atom stereocenters. The van der Waals surface area contributed by atoms with E-state index in [1.165, 1.54) is 0 Å². The predicted molar refractivity (Wildman–Crippen MR) is 83.5 cm³/mol. The van der Waals surface area contributed by atoms with E-state index in [-0.39, 0.29) is 17.7 Å². The Morgan fingerprint density at radius 3 is 2.21 bits per heavy atom. The quantitative estimate of drug-likeness (QED) is 0.438. The molecule has 19 heavy (non-hydrogen) atoms. The van der Waals surface area contributed by atoms with E-state index in [0.29, 0.717) is 11.7 Å². The van der Waals surface area contributed by atoms with Gasteiger partial charge in [-0.1, -0.05) is 39.7 Å². The minimum Gasteiger partial charge on any atom is -0.513 e. The molecule has 0 bridgehead atoms. The first-order chi connectivity index (χ1) is 8.77. The summed E-state index contributed by atoms with van der Waals surface area (Å²) in [4.78, 5) is 0. The van der Waals surface area contributed by atoms with Crippen molar-refractivity contribution in [3.8, 4) is 0 Å². The topological polar surface area (TPSA) is 44.3 Å². The largest absolute Gasteiger partial charge is 0.513 e. The zero-order chi connectivity index (χ0) is 15.0. The first kappa shape index (κ1) is 17.4. The number of nitrogens with one attached hydrogen (secondary N) is 2. The molecule has 0 amide bonds. The molecule has 0 aromatic rings. The molecule has 0 heterocycles. The Hall–Kier alpha value is -1.64. The summed E-state index contributed by atoms with van der Waals surface area (Å²) in [6.45, 7) is 19.6. The van der Waals surface area contributed by atoms with Gasteiger partial charge in [0.05, 0.1) is 11.6 Å². The van der Waals surface area contributed by atoms with Crippen LogP contribution in [0.3, 0.4) is 0 Å². The first-order valence-corrected chi connectivity index (χ1v) is 6.69. The number of hydrogen-bond donors (Lipinski definition) is 3. The summed E-state index contributed by atoms with van der Waals surface area (Å²) >= 11 is 0. The highest BCUT2D eigenvalue weighted by atomic mass is 16.3. The number of aliphatic hydroxyl groups is 1. The number of allylic oxidation sites excluding steroid dienone is 2. The van der Waals surface area contributed by atoms with Gasteiger partial charge < -0.3 is 15.7 Å². The smallest absolute Gasteiger partial charge is 0.0959 e. The first-order valence-electron chi connectivity index (χ1n) is 6.69. The van der Waals surface area contributed by atoms with Crippen molar-refractivity contribution >= 4 is 0 Å². The van der Waals surface area contributed by atoms with Gasteiger partial charge in [0.1, 0.15) is 0 Å². The van der Waals surface area contributed by atoms with Gasteiger partial charge in [0, 0.05) is 17.7 Å². The molecule has 0 aliphatic carbocycles. The second-order valence-electron chi connectivity index (χ2n) is 5.29. The minimum absolute atomic E-state index is 0.00790. The van der Waals surface area contributed by atoms with E-state index in [0.717, 1.165) is 12.1 Å². The van der Waals surface area contributed by atoms with Crippen molar-refractivity contribution < 1.29 is 5.11 Å². The van der Waals surface area contributed by atoms with E-state index >= 15 is 0 Å². The molecule has 108 valence electrons. The van der Waals surface area contributed by atoms with Crippen LogP contribution in [-0.2, 0) is 0 Å². The molecule has 0 saturated carbocycles. The maximum absolute atomic E-state index is 9.70. The van der Waals surface area contributed by atoms with Crippen LogP contribution in [0.1, 0.15) is 34.1 Å². The normalized spacial score (nSPS) is 14.2. The maximum atomic E-state index is 9.70. The van der Waals surface area contributed by atoms with Crippen LogP contribution in [0.4, 0.5) is 0 Å². The molecule has 0 saturated heterocycles. The average molecular weight is 264 g/mol. The molecule has 0 fully saturated rings. The van der Waals surface area contributed by atoms with Crippen molar-refractivity contribution in [3.63, 3.8) is 0 Å². The van der Waals surface area contributed by atoms with Crippen LogP contribution >= 0.6 is 0 Å². The lowest BCUT2D eigenvalue weighted by Gasteiger charge is -2.27. The zero-order valence-electron chi connectivity index (χ0n) is 12.7. The Labute approximate surface area is 117 Å². The third-order valence-electron chi connectivity index (χ3n) is 2.84. The molecular weight excluding hydrogens is 236 g/mol. The average Bonchev–Trinajstić information content (AvgIpc) is 2.24. The van der Waals surface area contributed by atoms with Gasteiger partial charge in [0.15, 0.2) is 0 Å². The Bertz CT molecular complexity index is 356. The van der Waals surface area contributed by atoms with Crippen molar-refractivity contribution in [2.24, 2.45) is 11.8 Å². The van der Waals surface area contributed by atoms with E-state index in [4.69, 9.17) is 0 Å². The predicted octanol–water partition coefficient (Wildman–Crippen LogP) is 3.85. The van der Waals surface area contributed by atoms with Crippen molar-refractivity contribution in [1.82, 2.24) is 10.6 Å². The molecule has 0 aromatic heterocycles. The fraction of sp³-hybridized carbons (Fsp3) is 0.500. The van der Waals surface area contributed by atoms with Crippen LogP contribution in [0.2, 0.25) is 0 Å². The van der Waals surface area contributed by atoms with E-state index in [1.807, 2.05) is 26.0 Å². The lowest BCUT2D eigenvalue weighted by Crippen LogP contribution is -2.38. The van der Waals surface area contributed by atoms with Crippen molar-refractivity contribution in [2.45, 2.75) is 40.2 Å². The lowest BCUT2D eigenvalue weighted by atomic mass is 9.90. The maximum Gasteiger partial charge on any atom is 0.0959 e. The van der Waals surface area contributed by atoms with E-state index in [1.54, 1.807) is 0 Å². The summed E-state index contributed by atoms with van der Waals surface area (Å²) < 4.78 is 0. The molecule has 0 radical (unpaired) electrons. The van der Waals surface area contributed by atoms with Crippen molar-refractivity contribution in [1.29, 1.82) is 0 Å². The van der Waals surface area contributed by atoms with E-state index < -0.39 is 0 Å². The summed E-state index contributed by atoms with van der Waals surface area (Å²) in [7, 11) is 0. The summed E-state index contributed by atoms with van der Waals surface area (Å²) in [6.07, 6.45) is 4.66. The summed E-state index contributed by atoms with van der Waals surface area (Å²) in [5.74, 6) is 1.39. The highest BCUT2D eigenvalue weighted by molar-refractivity contribution is 5.16. The Balaban J connectivity index is 4.46. The van der Waals surface area contributed by atoms with E-state index in [2.05, 4.69) is 44.2 Å². The standard InChI is InChI=1S/C16H28N2O/c1-8-9-12(4)17-15(7)18-13(5)16(14(6)19)10-11(2)3/h8-9,11,13,16-19H,4,6-7,10H2,1-3,5H3/b9-8-/t13-,16-/m1/s1. The van der Waals surface area contributed by atoms with Gasteiger partial charge in [0.25, 0.3) is 0 Å². The highest BCUT2D eigenvalue weighted by Gasteiger charge is 2.21. The highest BCUT2D eigenvalue weighted by Crippen LogP contribution is 2.21. The van der Waals surface area contributed by atoms with Crippen LogP contribution in [0.15, 0.2) is 49.2 Å². The summed E-state index contributed by atoms with van der Waals surface area (Å²) in [6, 6.07) is 0.0540. The molecule has 0 aromatic carbocycles. The third kappa shape index (κ3) is 7.39. The van der Waals surface area contributed by atoms with Crippen LogP contribution in [0, 0.1) is 11.8 Å². The number of rotatable bonds is 9. The van der Waals surface area contributed by atoms with Crippen molar-refractivity contribution in [3.05, 3.63) is 49.2 Å². The molecule has 3 nitrogen and oxygen atoms in total. The van der Waals surface area contributed by atoms with Gasteiger partial charge in [0.2, 0.25) is 0 Å². The minimum atomic E-state index is 0.00790. The molecule has 3 heteroatoms. The Morgan fingerprint density at radius 1 is 1.21 bits per heavy atom. The van der Waals surface area contributed by atoms with Gasteiger partial charge in [-0.25, -0.2) is 0 Å². The van der Waals surface area contributed by atoms with Crippen LogP contribution in [0.25, 0.3) is 0 Å². The fourth-order valence-corrected chi connectivity index (χ4v) is 1.98. The second-order valence-corrected chi connectivity index (χ2v) is 5.29.